The van der Waals surface area contributed by atoms with Crippen LogP contribution in [0.5, 0.6) is 0 Å². The van der Waals surface area contributed by atoms with Crippen LogP contribution in [0.1, 0.15) is 103 Å². The van der Waals surface area contributed by atoms with Crippen molar-refractivity contribution in [2.24, 2.45) is 11.8 Å². The molecule has 2 saturated heterocycles. The highest BCUT2D eigenvalue weighted by Gasteiger charge is 2.39. The number of H-pyrrole nitrogens is 2. The zero-order valence-corrected chi connectivity index (χ0v) is 41.1. The van der Waals surface area contributed by atoms with Crippen LogP contribution in [0.2, 0.25) is 0 Å². The van der Waals surface area contributed by atoms with Crippen molar-refractivity contribution >= 4 is 24.0 Å². The number of hydrogen-bond donors (Lipinski definition) is 4. The monoisotopic (exact) mass is 936 g/mol. The summed E-state index contributed by atoms with van der Waals surface area (Å²) in [5, 5.41) is 5.45. The van der Waals surface area contributed by atoms with Crippen LogP contribution in [0, 0.1) is 11.8 Å². The van der Waals surface area contributed by atoms with E-state index in [1.807, 2.05) is 49.9 Å². The van der Waals surface area contributed by atoms with E-state index in [1.165, 1.54) is 19.8 Å². The minimum Gasteiger partial charge on any atom is -0.453 e. The Bertz CT molecular complexity index is 2780. The first kappa shape index (κ1) is 48.3. The summed E-state index contributed by atoms with van der Waals surface area (Å²) in [5.41, 5.74) is 9.94. The van der Waals surface area contributed by atoms with Gasteiger partial charge in [-0.1, -0.05) is 103 Å². The van der Waals surface area contributed by atoms with Gasteiger partial charge in [0.1, 0.15) is 23.7 Å². The van der Waals surface area contributed by atoms with Gasteiger partial charge in [0.15, 0.2) is 0 Å². The normalized spacial score (nSPS) is 17.0. The number of aromatic amines is 2. The van der Waals surface area contributed by atoms with E-state index in [2.05, 4.69) is 131 Å². The molecule has 4 unspecified atom stereocenters. The van der Waals surface area contributed by atoms with Crippen LogP contribution in [0.25, 0.3) is 50.7 Å². The molecule has 0 spiro atoms. The van der Waals surface area contributed by atoms with Crippen molar-refractivity contribution in [3.63, 3.8) is 0 Å². The highest BCUT2D eigenvalue weighted by molar-refractivity contribution is 5.87. The number of imidazole rings is 2. The fraction of sp³-hybridized carbons (Fsp3) is 0.407. The fourth-order valence-corrected chi connectivity index (χ4v) is 9.63. The van der Waals surface area contributed by atoms with Crippen LogP contribution in [-0.2, 0) is 24.5 Å². The Balaban J connectivity index is 1.07. The molecule has 2 aliphatic rings. The lowest BCUT2D eigenvalue weighted by molar-refractivity contribution is -0.136. The van der Waals surface area contributed by atoms with Crippen molar-refractivity contribution in [1.29, 1.82) is 0 Å². The van der Waals surface area contributed by atoms with Gasteiger partial charge in [0.25, 0.3) is 0 Å². The van der Waals surface area contributed by atoms with Crippen LogP contribution >= 0.6 is 0 Å². The largest absolute Gasteiger partial charge is 0.453 e. The second-order valence-corrected chi connectivity index (χ2v) is 19.9. The van der Waals surface area contributed by atoms with E-state index in [0.717, 1.165) is 76.4 Å². The first-order valence-electron chi connectivity index (χ1n) is 24.0. The highest BCUT2D eigenvalue weighted by atomic mass is 16.5. The number of alkyl carbamates (subject to hydrolysis) is 2. The summed E-state index contributed by atoms with van der Waals surface area (Å²) in [4.78, 5) is 72.1. The molecule has 4 atom stereocenters. The summed E-state index contributed by atoms with van der Waals surface area (Å²) in [6, 6.07) is 28.0. The molecule has 0 saturated carbocycles. The number of carbonyl (C=O) groups excluding carboxylic acids is 4. The van der Waals surface area contributed by atoms with Gasteiger partial charge in [0.2, 0.25) is 11.8 Å². The summed E-state index contributed by atoms with van der Waals surface area (Å²) in [6.45, 7) is 15.4. The Labute approximate surface area is 404 Å². The number of ether oxygens (including phenoxy) is 2. The molecule has 2 fully saturated rings. The lowest BCUT2D eigenvalue weighted by Crippen LogP contribution is -2.51. The summed E-state index contributed by atoms with van der Waals surface area (Å²) in [7, 11) is 2.59. The Morgan fingerprint density at radius 2 is 1.09 bits per heavy atom. The minimum atomic E-state index is -0.714. The molecule has 6 aromatic rings. The maximum atomic E-state index is 13.8. The highest BCUT2D eigenvalue weighted by Crippen LogP contribution is 2.38. The SMILES string of the molecule is COC(=O)NC(C(=O)N1CCCC1c1ncc(-c2ccc(-c3ccc(-c4cccc(-c5cnc(C6CCCN6C(=O)C(NC(=O)OC)C(C)C)[nH]5)c4)n3-c3ccc(C(C)(C)C)cc3)cc2)[nH]1)C(C)C. The molecule has 0 bridgehead atoms. The Morgan fingerprint density at radius 3 is 1.57 bits per heavy atom. The molecule has 69 heavy (non-hydrogen) atoms. The molecule has 3 aromatic heterocycles. The van der Waals surface area contributed by atoms with Crippen molar-refractivity contribution in [3.05, 3.63) is 115 Å². The summed E-state index contributed by atoms with van der Waals surface area (Å²) < 4.78 is 11.9. The number of amides is 4. The van der Waals surface area contributed by atoms with Gasteiger partial charge in [-0.15, -0.1) is 0 Å². The number of nitrogens with one attached hydrogen (secondary N) is 4. The lowest BCUT2D eigenvalue weighted by atomic mass is 9.87. The standard InChI is InChI=1S/C54H65N9O6/c1-32(2)46(59-52(66)68-8)50(64)61-27-11-15-44(61)48-55-30-40(57-48)34-17-19-35(20-18-34)42-25-26-43(63(42)39-23-21-38(22-24-39)54(5,6)7)37-14-10-13-36(29-37)41-31-56-49(58-41)45-16-12-28-62(45)51(65)47(33(3)4)60-53(67)69-9/h10,13-14,17-26,29-33,44-47H,11-12,15-16,27-28H2,1-9H3,(H,55,57)(H,56,58)(H,59,66)(H,60,67). The van der Waals surface area contributed by atoms with E-state index in [0.29, 0.717) is 24.7 Å². The molecule has 4 N–H and O–H groups in total. The van der Waals surface area contributed by atoms with E-state index < -0.39 is 24.3 Å². The molecule has 5 heterocycles. The number of hydrogen-bond acceptors (Lipinski definition) is 8. The zero-order chi connectivity index (χ0) is 49.1. The van der Waals surface area contributed by atoms with Gasteiger partial charge in [-0.25, -0.2) is 19.6 Å². The average molecular weight is 936 g/mol. The van der Waals surface area contributed by atoms with Crippen LogP contribution in [-0.4, -0.2) is 97.7 Å². The molecule has 2 aliphatic heterocycles. The third-order valence-electron chi connectivity index (χ3n) is 13.5. The quantitative estimate of drug-likeness (QED) is 0.0884. The van der Waals surface area contributed by atoms with Gasteiger partial charge in [-0.05, 0) is 95.5 Å². The maximum Gasteiger partial charge on any atom is 0.407 e. The second-order valence-electron chi connectivity index (χ2n) is 19.9. The third-order valence-corrected chi connectivity index (χ3v) is 13.5. The number of carbonyl (C=O) groups is 4. The molecular formula is C54H65N9O6. The molecule has 3 aromatic carbocycles. The molecule has 15 heteroatoms. The average Bonchev–Trinajstić information content (AvgIpc) is 4.21. The van der Waals surface area contributed by atoms with E-state index in [1.54, 1.807) is 0 Å². The summed E-state index contributed by atoms with van der Waals surface area (Å²) in [6.07, 6.45) is 5.58. The predicted molar refractivity (Wildman–Crippen MR) is 266 cm³/mol. The predicted octanol–water partition coefficient (Wildman–Crippen LogP) is 9.98. The van der Waals surface area contributed by atoms with Gasteiger partial charge in [-0.3, -0.25) is 9.59 Å². The van der Waals surface area contributed by atoms with E-state index in [9.17, 15) is 19.2 Å². The minimum absolute atomic E-state index is 0.0107. The molecule has 8 rings (SSSR count). The maximum absolute atomic E-state index is 13.8. The van der Waals surface area contributed by atoms with Crippen LogP contribution in [0.4, 0.5) is 9.59 Å². The first-order chi connectivity index (χ1) is 33.1. The number of nitrogens with zero attached hydrogens (tertiary/aromatic N) is 5. The van der Waals surface area contributed by atoms with E-state index in [-0.39, 0.29) is 41.1 Å². The van der Waals surface area contributed by atoms with Crippen molar-refractivity contribution < 1.29 is 28.7 Å². The smallest absolute Gasteiger partial charge is 0.407 e. The first-order valence-corrected chi connectivity index (χ1v) is 24.0. The van der Waals surface area contributed by atoms with Crippen LogP contribution in [0.15, 0.2) is 97.3 Å². The van der Waals surface area contributed by atoms with E-state index >= 15 is 0 Å². The van der Waals surface area contributed by atoms with Crippen LogP contribution < -0.4 is 10.6 Å². The molecule has 0 radical (unpaired) electrons. The Morgan fingerprint density at radius 1 is 0.623 bits per heavy atom. The number of methoxy groups -OCH3 is 2. The van der Waals surface area contributed by atoms with Crippen molar-refractivity contribution in [3.8, 4) is 50.7 Å². The molecular weight excluding hydrogens is 871 g/mol. The molecule has 4 amide bonds. The summed E-state index contributed by atoms with van der Waals surface area (Å²) in [5.74, 6) is 0.878. The van der Waals surface area contributed by atoms with Gasteiger partial charge >= 0.3 is 12.2 Å². The Hall–Kier alpha value is -7.16. The summed E-state index contributed by atoms with van der Waals surface area (Å²) >= 11 is 0. The Kier molecular flexibility index (Phi) is 14.1. The van der Waals surface area contributed by atoms with Crippen molar-refractivity contribution in [2.75, 3.05) is 27.3 Å². The number of likely N-dealkylation sites (tertiary alicyclic amines) is 2. The van der Waals surface area contributed by atoms with Crippen molar-refractivity contribution in [1.82, 2.24) is 44.9 Å². The van der Waals surface area contributed by atoms with Crippen LogP contribution in [0.3, 0.4) is 0 Å². The molecule has 362 valence electrons. The second kappa shape index (κ2) is 20.2. The van der Waals surface area contributed by atoms with Gasteiger partial charge in [-0.2, -0.15) is 0 Å². The molecule has 15 nitrogen and oxygen atoms in total. The van der Waals surface area contributed by atoms with Gasteiger partial charge in [0.05, 0.1) is 61.5 Å². The van der Waals surface area contributed by atoms with E-state index in [4.69, 9.17) is 19.4 Å². The number of aromatic nitrogens is 5. The fourth-order valence-electron chi connectivity index (χ4n) is 9.63. The number of benzene rings is 3. The van der Waals surface area contributed by atoms with Gasteiger partial charge < -0.3 is 44.4 Å². The number of rotatable bonds is 13. The lowest BCUT2D eigenvalue weighted by Gasteiger charge is -2.30. The molecule has 0 aliphatic carbocycles. The van der Waals surface area contributed by atoms with Crippen molar-refractivity contribution in [2.45, 2.75) is 104 Å². The third kappa shape index (κ3) is 10.2. The topological polar surface area (TPSA) is 180 Å². The zero-order valence-electron chi connectivity index (χ0n) is 41.1. The van der Waals surface area contributed by atoms with Gasteiger partial charge in [0, 0.05) is 24.3 Å².